The van der Waals surface area contributed by atoms with Crippen LogP contribution in [0.15, 0.2) is 66.7 Å². The van der Waals surface area contributed by atoms with Gasteiger partial charge in [-0.25, -0.2) is 0 Å². The summed E-state index contributed by atoms with van der Waals surface area (Å²) in [6.45, 7) is 18.5. The van der Waals surface area contributed by atoms with E-state index >= 15 is 0 Å². The summed E-state index contributed by atoms with van der Waals surface area (Å²) in [5.74, 6) is 2.54. The molecular formula is C43H61NO3Si. The Morgan fingerprint density at radius 1 is 0.875 bits per heavy atom. The van der Waals surface area contributed by atoms with Crippen LogP contribution in [0.1, 0.15) is 134 Å². The highest BCUT2D eigenvalue weighted by molar-refractivity contribution is 6.74. The lowest BCUT2D eigenvalue weighted by atomic mass is 9.84. The fraction of sp³-hybridized carbons (Fsp3) is 0.558. The fourth-order valence-corrected chi connectivity index (χ4v) is 8.84. The summed E-state index contributed by atoms with van der Waals surface area (Å²) in [5, 5.41) is 3.57. The van der Waals surface area contributed by atoms with E-state index in [2.05, 4.69) is 90.3 Å². The topological polar surface area (TPSA) is 47.6 Å². The van der Waals surface area contributed by atoms with Crippen LogP contribution in [0.5, 0.6) is 11.5 Å². The molecule has 0 radical (unpaired) electrons. The highest BCUT2D eigenvalue weighted by atomic mass is 28.4. The van der Waals surface area contributed by atoms with Crippen LogP contribution in [-0.2, 0) is 21.1 Å². The van der Waals surface area contributed by atoms with Gasteiger partial charge in [-0.2, -0.15) is 0 Å². The van der Waals surface area contributed by atoms with Crippen molar-refractivity contribution < 1.29 is 14.0 Å². The first kappa shape index (κ1) is 36.4. The molecule has 48 heavy (non-hydrogen) atoms. The molecule has 4 nitrogen and oxygen atoms in total. The molecule has 0 unspecified atom stereocenters. The van der Waals surface area contributed by atoms with Crippen LogP contribution >= 0.6 is 0 Å². The Bertz CT molecular complexity index is 1480. The van der Waals surface area contributed by atoms with Crippen molar-refractivity contribution in [3.63, 3.8) is 0 Å². The van der Waals surface area contributed by atoms with Gasteiger partial charge < -0.3 is 14.5 Å². The first-order chi connectivity index (χ1) is 22.7. The van der Waals surface area contributed by atoms with Crippen molar-refractivity contribution in [2.24, 2.45) is 5.92 Å². The number of rotatable bonds is 12. The van der Waals surface area contributed by atoms with Gasteiger partial charge in [-0.05, 0) is 78.1 Å². The van der Waals surface area contributed by atoms with Gasteiger partial charge in [0.1, 0.15) is 11.5 Å². The molecule has 3 aromatic rings. The monoisotopic (exact) mass is 667 g/mol. The zero-order chi connectivity index (χ0) is 34.5. The molecule has 1 heterocycles. The van der Waals surface area contributed by atoms with Crippen molar-refractivity contribution in [3.05, 3.63) is 89.0 Å². The number of nitrogens with one attached hydrogen (secondary N) is 1. The van der Waals surface area contributed by atoms with Crippen LogP contribution in [0.3, 0.4) is 0 Å². The van der Waals surface area contributed by atoms with Gasteiger partial charge in [-0.15, -0.1) is 0 Å². The summed E-state index contributed by atoms with van der Waals surface area (Å²) < 4.78 is 13.3. The van der Waals surface area contributed by atoms with Gasteiger partial charge in [-0.3, -0.25) is 4.79 Å². The lowest BCUT2D eigenvalue weighted by molar-refractivity contribution is -0.116. The van der Waals surface area contributed by atoms with Crippen LogP contribution in [-0.4, -0.2) is 20.3 Å². The SMILES string of the molecule is CC(C)(C)c1ccc(CC[C@H](CCCC2CCCCC2)O[Si](C)(C)C(C)(C)C)cc1NC(=O)CC1c2ccccc2Oc2ccccc21. The maximum absolute atomic E-state index is 13.9. The number of hydrogen-bond acceptors (Lipinski definition) is 3. The number of fused-ring (bicyclic) bond motifs is 2. The normalized spacial score (nSPS) is 16.5. The number of hydrogen-bond donors (Lipinski definition) is 1. The third-order valence-electron chi connectivity index (χ3n) is 11.3. The zero-order valence-corrected chi connectivity index (χ0v) is 32.1. The Morgan fingerprint density at radius 2 is 1.50 bits per heavy atom. The first-order valence-electron chi connectivity index (χ1n) is 18.7. The van der Waals surface area contributed by atoms with E-state index in [0.717, 1.165) is 59.1 Å². The average molecular weight is 668 g/mol. The van der Waals surface area contributed by atoms with Crippen LogP contribution in [0.2, 0.25) is 18.1 Å². The number of aryl methyl sites for hydroxylation is 1. The minimum absolute atomic E-state index is 0.0241. The summed E-state index contributed by atoms with van der Waals surface area (Å²) in [5.41, 5.74) is 5.37. The van der Waals surface area contributed by atoms with Gasteiger partial charge >= 0.3 is 0 Å². The minimum Gasteiger partial charge on any atom is -0.457 e. The molecule has 1 fully saturated rings. The summed E-state index contributed by atoms with van der Waals surface area (Å²) in [4.78, 5) is 13.9. The second-order valence-corrected chi connectivity index (χ2v) is 21.8. The van der Waals surface area contributed by atoms with Crippen molar-refractivity contribution in [2.45, 2.75) is 148 Å². The molecule has 1 amide bonds. The van der Waals surface area contributed by atoms with E-state index in [0.29, 0.717) is 6.42 Å². The van der Waals surface area contributed by atoms with Crippen molar-refractivity contribution in [3.8, 4) is 11.5 Å². The molecule has 2 aliphatic rings. The standard InChI is InChI=1S/C43H61NO3Si/c1-42(2,3)37-28-26-32(25-27-33(47-48(7,8)43(4,5)6)20-16-19-31-17-10-9-11-18-31)29-38(37)44-41(45)30-36-34-21-12-14-23-39(34)46-40-24-15-13-22-35(36)40/h12-15,21-24,26,28-29,31,33,36H,9-11,16-20,25,27,30H2,1-8H3,(H,44,45)/t33-/m0/s1. The minimum atomic E-state index is -1.90. The van der Waals surface area contributed by atoms with Crippen LogP contribution < -0.4 is 10.1 Å². The molecule has 0 aromatic heterocycles. The molecule has 0 bridgehead atoms. The predicted octanol–water partition coefficient (Wildman–Crippen LogP) is 12.3. The van der Waals surface area contributed by atoms with E-state index in [-0.39, 0.29) is 28.4 Å². The third-order valence-corrected chi connectivity index (χ3v) is 15.8. The van der Waals surface area contributed by atoms with E-state index in [1.54, 1.807) is 0 Å². The Balaban J connectivity index is 1.31. The van der Waals surface area contributed by atoms with Crippen LogP contribution in [0, 0.1) is 5.92 Å². The summed E-state index contributed by atoms with van der Waals surface area (Å²) in [6, 6.07) is 22.9. The molecule has 1 aliphatic carbocycles. The quantitative estimate of drug-likeness (QED) is 0.196. The van der Waals surface area contributed by atoms with E-state index in [9.17, 15) is 4.79 Å². The second kappa shape index (κ2) is 15.3. The van der Waals surface area contributed by atoms with Crippen molar-refractivity contribution in [2.75, 3.05) is 5.32 Å². The van der Waals surface area contributed by atoms with Crippen molar-refractivity contribution >= 4 is 19.9 Å². The molecule has 5 rings (SSSR count). The number of carbonyl (C=O) groups excluding carboxylic acids is 1. The predicted molar refractivity (Wildman–Crippen MR) is 204 cm³/mol. The number of ether oxygens (including phenoxy) is 1. The van der Waals surface area contributed by atoms with Gasteiger partial charge in [0.2, 0.25) is 5.91 Å². The number of amides is 1. The third kappa shape index (κ3) is 9.21. The Hall–Kier alpha value is -2.89. The van der Waals surface area contributed by atoms with Crippen LogP contribution in [0.25, 0.3) is 0 Å². The molecule has 0 spiro atoms. The Labute approximate surface area is 292 Å². The molecule has 3 aromatic carbocycles. The maximum atomic E-state index is 13.9. The highest BCUT2D eigenvalue weighted by Gasteiger charge is 2.39. The molecule has 1 saturated carbocycles. The number of anilines is 1. The summed E-state index contributed by atoms with van der Waals surface area (Å²) >= 11 is 0. The molecule has 1 N–H and O–H groups in total. The van der Waals surface area contributed by atoms with Crippen molar-refractivity contribution in [1.82, 2.24) is 0 Å². The summed E-state index contributed by atoms with van der Waals surface area (Å²) in [7, 11) is -1.90. The van der Waals surface area contributed by atoms with E-state index in [4.69, 9.17) is 9.16 Å². The number of para-hydroxylation sites is 2. The molecule has 260 valence electrons. The lowest BCUT2D eigenvalue weighted by Crippen LogP contribution is -2.44. The summed E-state index contributed by atoms with van der Waals surface area (Å²) in [6.07, 6.45) is 13.4. The Kier molecular flexibility index (Phi) is 11.6. The molecule has 1 aliphatic heterocycles. The molecule has 5 heteroatoms. The number of carbonyl (C=O) groups is 1. The van der Waals surface area contributed by atoms with E-state index in [1.165, 1.54) is 50.5 Å². The molecule has 0 saturated heterocycles. The second-order valence-electron chi connectivity index (χ2n) is 17.1. The van der Waals surface area contributed by atoms with Crippen molar-refractivity contribution in [1.29, 1.82) is 0 Å². The van der Waals surface area contributed by atoms with Gasteiger partial charge in [0.15, 0.2) is 8.32 Å². The smallest absolute Gasteiger partial charge is 0.225 e. The van der Waals surface area contributed by atoms with E-state index < -0.39 is 8.32 Å². The molecule has 1 atom stereocenters. The first-order valence-corrected chi connectivity index (χ1v) is 21.6. The Morgan fingerprint density at radius 3 is 2.10 bits per heavy atom. The van der Waals surface area contributed by atoms with Gasteiger partial charge in [0.25, 0.3) is 0 Å². The number of benzene rings is 3. The van der Waals surface area contributed by atoms with Gasteiger partial charge in [0.05, 0.1) is 0 Å². The lowest BCUT2D eigenvalue weighted by Gasteiger charge is -2.39. The maximum Gasteiger partial charge on any atom is 0.225 e. The van der Waals surface area contributed by atoms with Gasteiger partial charge in [-0.1, -0.05) is 135 Å². The van der Waals surface area contributed by atoms with Crippen LogP contribution in [0.4, 0.5) is 5.69 Å². The zero-order valence-electron chi connectivity index (χ0n) is 31.1. The van der Waals surface area contributed by atoms with E-state index in [1.807, 2.05) is 36.4 Å². The largest absolute Gasteiger partial charge is 0.457 e. The average Bonchev–Trinajstić information content (AvgIpc) is 3.03. The van der Waals surface area contributed by atoms with Gasteiger partial charge in [0, 0.05) is 35.3 Å². The molecular weight excluding hydrogens is 607 g/mol. The highest BCUT2D eigenvalue weighted by Crippen LogP contribution is 2.46. The fourth-order valence-electron chi connectivity index (χ4n) is 7.41.